The van der Waals surface area contributed by atoms with Crippen LogP contribution in [0.4, 0.5) is 5.95 Å². The van der Waals surface area contributed by atoms with Gasteiger partial charge in [0.25, 0.3) is 0 Å². The van der Waals surface area contributed by atoms with E-state index in [9.17, 15) is 19.2 Å². The molecule has 3 N–H and O–H groups in total. The topological polar surface area (TPSA) is 167 Å². The van der Waals surface area contributed by atoms with Crippen LogP contribution in [0.5, 0.6) is 0 Å². The Hall–Kier alpha value is -3.78. The first kappa shape index (κ1) is 26.8. The molecule has 0 aliphatic carbocycles. The molecule has 0 saturated carbocycles. The second-order valence-corrected chi connectivity index (χ2v) is 8.23. The van der Waals surface area contributed by atoms with E-state index in [-0.39, 0.29) is 11.7 Å². The molecule has 1 aliphatic heterocycles. The molecular weight excluding hydrogens is 496 g/mol. The number of fused-ring (bicyclic) bond motifs is 1. The van der Waals surface area contributed by atoms with Gasteiger partial charge in [0, 0.05) is 27.7 Å². The summed E-state index contributed by atoms with van der Waals surface area (Å²) in [7, 11) is 0. The van der Waals surface area contributed by atoms with E-state index in [1.165, 1.54) is 6.92 Å². The summed E-state index contributed by atoms with van der Waals surface area (Å²) in [6, 6.07) is 7.33. The van der Waals surface area contributed by atoms with Crippen LogP contribution in [0.25, 0.3) is 11.0 Å². The van der Waals surface area contributed by atoms with Crippen molar-refractivity contribution in [2.75, 3.05) is 11.9 Å². The SMILES string of the molecule is CC(=O)OC[C@H]1O[C@@H](NC(=S)Nc2nc3ccccc3[nH]2)[C@H](OC(C)=O)[C@@H](OC(C)=O)[C@@H]1OC(C)=O. The maximum absolute atomic E-state index is 11.9. The van der Waals surface area contributed by atoms with Gasteiger partial charge in [0.2, 0.25) is 5.95 Å². The molecule has 1 aromatic heterocycles. The zero-order valence-corrected chi connectivity index (χ0v) is 20.7. The predicted octanol–water partition coefficient (Wildman–Crippen LogP) is 0.932. The molecule has 13 nitrogen and oxygen atoms in total. The normalized spacial score (nSPS) is 23.3. The average Bonchev–Trinajstić information content (AvgIpc) is 3.17. The van der Waals surface area contributed by atoms with E-state index in [2.05, 4.69) is 20.6 Å². The molecule has 1 aliphatic rings. The highest BCUT2D eigenvalue weighted by atomic mass is 32.1. The number of aromatic amines is 1. The van der Waals surface area contributed by atoms with Crippen molar-refractivity contribution in [3.63, 3.8) is 0 Å². The molecule has 0 amide bonds. The maximum Gasteiger partial charge on any atom is 0.303 e. The van der Waals surface area contributed by atoms with E-state index >= 15 is 0 Å². The fourth-order valence-electron chi connectivity index (χ4n) is 3.63. The molecule has 0 bridgehead atoms. The number of H-pyrrole nitrogens is 1. The molecule has 0 unspecified atom stereocenters. The van der Waals surface area contributed by atoms with Crippen molar-refractivity contribution < 1.29 is 42.9 Å². The lowest BCUT2D eigenvalue weighted by atomic mass is 9.97. The number of ether oxygens (including phenoxy) is 5. The largest absolute Gasteiger partial charge is 0.463 e. The Morgan fingerprint density at radius 3 is 2.17 bits per heavy atom. The number of rotatable bonds is 7. The highest BCUT2D eigenvalue weighted by Gasteiger charge is 2.52. The van der Waals surface area contributed by atoms with Crippen molar-refractivity contribution >= 4 is 58.2 Å². The lowest BCUT2D eigenvalue weighted by Gasteiger charge is -2.44. The van der Waals surface area contributed by atoms with Crippen LogP contribution >= 0.6 is 12.2 Å². The monoisotopic (exact) mass is 522 g/mol. The van der Waals surface area contributed by atoms with Gasteiger partial charge in [-0.15, -0.1) is 0 Å². The number of hydrogen-bond acceptors (Lipinski definition) is 11. The summed E-state index contributed by atoms with van der Waals surface area (Å²) in [5.74, 6) is -2.45. The van der Waals surface area contributed by atoms with E-state index in [0.717, 1.165) is 26.3 Å². The Labute approximate surface area is 211 Å². The van der Waals surface area contributed by atoms with Gasteiger partial charge in [-0.05, 0) is 24.4 Å². The van der Waals surface area contributed by atoms with Crippen LogP contribution in [0, 0.1) is 0 Å². The molecule has 194 valence electrons. The number of nitrogens with zero attached hydrogens (tertiary/aromatic N) is 1. The number of para-hydroxylation sites is 2. The number of imidazole rings is 1. The van der Waals surface area contributed by atoms with E-state index < -0.39 is 54.5 Å². The van der Waals surface area contributed by atoms with Gasteiger partial charge < -0.3 is 39.3 Å². The molecule has 5 atom stereocenters. The van der Waals surface area contributed by atoms with Crippen LogP contribution in [-0.2, 0) is 42.9 Å². The fraction of sp³-hybridized carbons (Fsp3) is 0.455. The summed E-state index contributed by atoms with van der Waals surface area (Å²) in [4.78, 5) is 54.5. The third kappa shape index (κ3) is 7.11. The minimum atomic E-state index is -1.31. The van der Waals surface area contributed by atoms with Crippen molar-refractivity contribution in [2.45, 2.75) is 58.3 Å². The summed E-state index contributed by atoms with van der Waals surface area (Å²) in [5, 5.41) is 5.74. The number of esters is 4. The molecule has 2 heterocycles. The van der Waals surface area contributed by atoms with Crippen LogP contribution in [0.3, 0.4) is 0 Å². The van der Waals surface area contributed by atoms with Gasteiger partial charge in [0.15, 0.2) is 29.7 Å². The Morgan fingerprint density at radius 2 is 1.56 bits per heavy atom. The van der Waals surface area contributed by atoms with Crippen LogP contribution in [0.15, 0.2) is 24.3 Å². The fourth-order valence-corrected chi connectivity index (χ4v) is 3.84. The first-order valence-electron chi connectivity index (χ1n) is 10.9. The van der Waals surface area contributed by atoms with Gasteiger partial charge in [0.05, 0.1) is 11.0 Å². The molecule has 0 spiro atoms. The molecule has 14 heteroatoms. The van der Waals surface area contributed by atoms with Gasteiger partial charge in [-0.2, -0.15) is 0 Å². The van der Waals surface area contributed by atoms with Crippen molar-refractivity contribution in [3.05, 3.63) is 24.3 Å². The van der Waals surface area contributed by atoms with Gasteiger partial charge in [-0.1, -0.05) is 12.1 Å². The number of carbonyl (C=O) groups is 4. The number of thiocarbonyl (C=S) groups is 1. The minimum Gasteiger partial charge on any atom is -0.463 e. The molecule has 1 aromatic carbocycles. The lowest BCUT2D eigenvalue weighted by molar-refractivity contribution is -0.254. The van der Waals surface area contributed by atoms with E-state index in [1.54, 1.807) is 0 Å². The molecule has 1 fully saturated rings. The predicted molar refractivity (Wildman–Crippen MR) is 127 cm³/mol. The van der Waals surface area contributed by atoms with Crippen LogP contribution in [-0.4, -0.2) is 76.2 Å². The number of benzene rings is 1. The van der Waals surface area contributed by atoms with E-state index in [1.807, 2.05) is 24.3 Å². The number of carbonyl (C=O) groups excluding carboxylic acids is 4. The first-order valence-corrected chi connectivity index (χ1v) is 11.3. The molecule has 36 heavy (non-hydrogen) atoms. The highest BCUT2D eigenvalue weighted by molar-refractivity contribution is 7.80. The third-order valence-electron chi connectivity index (χ3n) is 4.89. The number of anilines is 1. The third-order valence-corrected chi connectivity index (χ3v) is 5.11. The van der Waals surface area contributed by atoms with E-state index in [0.29, 0.717) is 11.5 Å². The lowest BCUT2D eigenvalue weighted by Crippen LogP contribution is -2.66. The summed E-state index contributed by atoms with van der Waals surface area (Å²) >= 11 is 5.38. The second kappa shape index (κ2) is 11.8. The zero-order chi connectivity index (χ0) is 26.4. The Kier molecular flexibility index (Phi) is 8.77. The van der Waals surface area contributed by atoms with Crippen molar-refractivity contribution in [2.24, 2.45) is 0 Å². The standard InChI is InChI=1S/C22H26N4O9S/c1-10(27)31-9-16-17(32-11(2)28)18(33-12(3)29)19(34-13(4)30)20(35-16)25-22(36)26-21-23-14-7-5-6-8-15(14)24-21/h5-8,16-20H,9H2,1-4H3,(H3,23,24,25,26,36)/t16-,17-,18+,19-,20-/m1/s1. The van der Waals surface area contributed by atoms with Crippen molar-refractivity contribution in [1.29, 1.82) is 0 Å². The smallest absolute Gasteiger partial charge is 0.303 e. The van der Waals surface area contributed by atoms with Gasteiger partial charge in [-0.25, -0.2) is 4.98 Å². The average molecular weight is 523 g/mol. The Balaban J connectivity index is 1.88. The van der Waals surface area contributed by atoms with Crippen LogP contribution < -0.4 is 10.6 Å². The van der Waals surface area contributed by atoms with E-state index in [4.69, 9.17) is 35.9 Å². The molecule has 0 radical (unpaired) electrons. The Morgan fingerprint density at radius 1 is 0.944 bits per heavy atom. The van der Waals surface area contributed by atoms with Gasteiger partial charge in [0.1, 0.15) is 12.7 Å². The maximum atomic E-state index is 11.9. The zero-order valence-electron chi connectivity index (χ0n) is 19.9. The number of aromatic nitrogens is 2. The highest BCUT2D eigenvalue weighted by Crippen LogP contribution is 2.28. The molecular formula is C22H26N4O9S. The van der Waals surface area contributed by atoms with Gasteiger partial charge >= 0.3 is 23.9 Å². The van der Waals surface area contributed by atoms with Crippen LogP contribution in [0.1, 0.15) is 27.7 Å². The summed E-state index contributed by atoms with van der Waals surface area (Å²) < 4.78 is 27.1. The summed E-state index contributed by atoms with van der Waals surface area (Å²) in [6.45, 7) is 4.28. The first-order chi connectivity index (χ1) is 17.0. The Bertz CT molecular complexity index is 1120. The van der Waals surface area contributed by atoms with Crippen LogP contribution in [0.2, 0.25) is 0 Å². The number of nitrogens with one attached hydrogen (secondary N) is 3. The quantitative estimate of drug-likeness (QED) is 0.267. The second-order valence-electron chi connectivity index (χ2n) is 7.82. The summed E-state index contributed by atoms with van der Waals surface area (Å²) in [6.07, 6.45) is -6.16. The molecule has 3 rings (SSSR count). The van der Waals surface area contributed by atoms with Crippen molar-refractivity contribution in [1.82, 2.24) is 15.3 Å². The number of hydrogen-bond donors (Lipinski definition) is 3. The minimum absolute atomic E-state index is 0.0231. The molecule has 2 aromatic rings. The summed E-state index contributed by atoms with van der Waals surface area (Å²) in [5.41, 5.74) is 1.48. The molecule has 1 saturated heterocycles. The van der Waals surface area contributed by atoms with Crippen molar-refractivity contribution in [3.8, 4) is 0 Å². The van der Waals surface area contributed by atoms with Gasteiger partial charge in [-0.3, -0.25) is 19.2 Å².